The first-order valence-electron chi connectivity index (χ1n) is 5.54. The van der Waals surface area contributed by atoms with Gasteiger partial charge in [-0.2, -0.15) is 5.26 Å². The van der Waals surface area contributed by atoms with Crippen molar-refractivity contribution in [3.63, 3.8) is 0 Å². The van der Waals surface area contributed by atoms with E-state index < -0.39 is 5.82 Å². The highest BCUT2D eigenvalue weighted by molar-refractivity contribution is 5.58. The Morgan fingerprint density at radius 2 is 1.95 bits per heavy atom. The molecule has 0 aromatic heterocycles. The van der Waals surface area contributed by atoms with E-state index in [1.54, 1.807) is 6.07 Å². The maximum absolute atomic E-state index is 13.0. The fourth-order valence-corrected chi connectivity index (χ4v) is 1.66. The third-order valence-corrected chi connectivity index (χ3v) is 2.64. The van der Waals surface area contributed by atoms with Crippen LogP contribution >= 0.6 is 0 Å². The van der Waals surface area contributed by atoms with Crippen molar-refractivity contribution >= 4 is 5.69 Å². The fraction of sp³-hybridized carbons (Fsp3) is 0.0714. The van der Waals surface area contributed by atoms with Crippen LogP contribution in [0.25, 0.3) is 0 Å². The Morgan fingerprint density at radius 3 is 2.63 bits per heavy atom. The summed E-state index contributed by atoms with van der Waals surface area (Å²) in [7, 11) is 0. The number of nitriles is 1. The van der Waals surface area contributed by atoms with E-state index in [1.807, 2.05) is 6.07 Å². The lowest BCUT2D eigenvalue weighted by Gasteiger charge is -2.09. The number of hydrogen-bond donors (Lipinski definition) is 3. The summed E-state index contributed by atoms with van der Waals surface area (Å²) in [4.78, 5) is 0. The van der Waals surface area contributed by atoms with Gasteiger partial charge in [0, 0.05) is 18.2 Å². The number of aromatic hydroxyl groups is 2. The Hall–Kier alpha value is -2.74. The summed E-state index contributed by atoms with van der Waals surface area (Å²) in [5, 5.41) is 30.6. The smallest absolute Gasteiger partial charge is 0.124 e. The highest BCUT2D eigenvalue weighted by Crippen LogP contribution is 2.24. The Morgan fingerprint density at radius 1 is 1.16 bits per heavy atom. The van der Waals surface area contributed by atoms with E-state index in [0.29, 0.717) is 11.3 Å². The first kappa shape index (κ1) is 12.7. The van der Waals surface area contributed by atoms with E-state index in [-0.39, 0.29) is 23.6 Å². The topological polar surface area (TPSA) is 76.3 Å². The maximum Gasteiger partial charge on any atom is 0.124 e. The number of benzene rings is 2. The molecule has 96 valence electrons. The number of hydrogen-bond acceptors (Lipinski definition) is 4. The molecule has 0 radical (unpaired) electrons. The molecule has 2 aromatic rings. The van der Waals surface area contributed by atoms with Gasteiger partial charge in [0.1, 0.15) is 23.4 Å². The monoisotopic (exact) mass is 258 g/mol. The maximum atomic E-state index is 13.0. The second-order valence-electron chi connectivity index (χ2n) is 3.97. The molecule has 0 unspecified atom stereocenters. The minimum absolute atomic E-state index is 0.0271. The molecule has 5 heteroatoms. The molecule has 0 saturated heterocycles. The van der Waals surface area contributed by atoms with Crippen LogP contribution in [0.5, 0.6) is 11.5 Å². The SMILES string of the molecule is N#Cc1cc(F)ccc1NCc1ccc(O)cc1O. The molecule has 0 spiro atoms. The van der Waals surface area contributed by atoms with Crippen molar-refractivity contribution in [2.45, 2.75) is 6.54 Å². The lowest BCUT2D eigenvalue weighted by atomic mass is 10.1. The van der Waals surface area contributed by atoms with Crippen molar-refractivity contribution in [2.75, 3.05) is 5.32 Å². The number of anilines is 1. The molecule has 0 heterocycles. The molecule has 0 saturated carbocycles. The molecule has 0 aliphatic rings. The first-order valence-corrected chi connectivity index (χ1v) is 5.54. The Balaban J connectivity index is 2.17. The number of nitrogens with zero attached hydrogens (tertiary/aromatic N) is 1. The van der Waals surface area contributed by atoms with Crippen molar-refractivity contribution in [2.24, 2.45) is 0 Å². The summed E-state index contributed by atoms with van der Waals surface area (Å²) in [6, 6.07) is 9.99. The predicted octanol–water partition coefficient (Wildman–Crippen LogP) is 2.72. The Labute approximate surface area is 109 Å². The van der Waals surface area contributed by atoms with Crippen LogP contribution in [0.3, 0.4) is 0 Å². The van der Waals surface area contributed by atoms with Gasteiger partial charge in [0.25, 0.3) is 0 Å². The van der Waals surface area contributed by atoms with Gasteiger partial charge in [0.15, 0.2) is 0 Å². The molecular formula is C14H11FN2O2. The van der Waals surface area contributed by atoms with Crippen LogP contribution in [0.15, 0.2) is 36.4 Å². The molecule has 0 aliphatic carbocycles. The van der Waals surface area contributed by atoms with E-state index >= 15 is 0 Å². The summed E-state index contributed by atoms with van der Waals surface area (Å²) in [5.74, 6) is -0.552. The molecule has 0 aliphatic heterocycles. The fourth-order valence-electron chi connectivity index (χ4n) is 1.66. The number of rotatable bonds is 3. The van der Waals surface area contributed by atoms with Gasteiger partial charge >= 0.3 is 0 Å². The summed E-state index contributed by atoms with van der Waals surface area (Å²) < 4.78 is 13.0. The van der Waals surface area contributed by atoms with Gasteiger partial charge in [-0.15, -0.1) is 0 Å². The van der Waals surface area contributed by atoms with Gasteiger partial charge in [-0.05, 0) is 30.3 Å². The highest BCUT2D eigenvalue weighted by atomic mass is 19.1. The average Bonchev–Trinajstić information content (AvgIpc) is 2.39. The quantitative estimate of drug-likeness (QED) is 0.791. The van der Waals surface area contributed by atoms with Crippen molar-refractivity contribution in [1.29, 1.82) is 5.26 Å². The normalized spacial score (nSPS) is 9.89. The van der Waals surface area contributed by atoms with E-state index in [2.05, 4.69) is 5.32 Å². The molecule has 0 amide bonds. The van der Waals surface area contributed by atoms with Crippen LogP contribution in [-0.4, -0.2) is 10.2 Å². The number of nitrogens with one attached hydrogen (secondary N) is 1. The zero-order valence-corrected chi connectivity index (χ0v) is 9.89. The number of phenolic OH excluding ortho intramolecular Hbond substituents is 2. The largest absolute Gasteiger partial charge is 0.508 e. The third kappa shape index (κ3) is 2.93. The Kier molecular flexibility index (Phi) is 3.53. The van der Waals surface area contributed by atoms with Crippen LogP contribution in [0, 0.1) is 17.1 Å². The molecule has 0 atom stereocenters. The van der Waals surface area contributed by atoms with E-state index in [0.717, 1.165) is 6.07 Å². The van der Waals surface area contributed by atoms with Crippen LogP contribution in [0.2, 0.25) is 0 Å². The van der Waals surface area contributed by atoms with Gasteiger partial charge in [-0.3, -0.25) is 0 Å². The minimum Gasteiger partial charge on any atom is -0.508 e. The van der Waals surface area contributed by atoms with E-state index in [9.17, 15) is 14.6 Å². The van der Waals surface area contributed by atoms with E-state index in [1.165, 1.54) is 24.3 Å². The van der Waals surface area contributed by atoms with Gasteiger partial charge in [0.2, 0.25) is 0 Å². The lowest BCUT2D eigenvalue weighted by molar-refractivity contribution is 0.446. The molecule has 2 aromatic carbocycles. The number of halogens is 1. The number of phenols is 2. The van der Waals surface area contributed by atoms with Crippen LogP contribution in [-0.2, 0) is 6.54 Å². The van der Waals surface area contributed by atoms with Gasteiger partial charge in [0.05, 0.1) is 11.3 Å². The molecular weight excluding hydrogens is 247 g/mol. The molecule has 4 nitrogen and oxygen atoms in total. The summed E-state index contributed by atoms with van der Waals surface area (Å²) >= 11 is 0. The van der Waals surface area contributed by atoms with Crippen LogP contribution < -0.4 is 5.32 Å². The van der Waals surface area contributed by atoms with Crippen molar-refractivity contribution in [3.05, 3.63) is 53.3 Å². The van der Waals surface area contributed by atoms with Crippen molar-refractivity contribution in [3.8, 4) is 17.6 Å². The highest BCUT2D eigenvalue weighted by Gasteiger charge is 2.06. The predicted molar refractivity (Wildman–Crippen MR) is 68.2 cm³/mol. The third-order valence-electron chi connectivity index (χ3n) is 2.64. The van der Waals surface area contributed by atoms with Crippen molar-refractivity contribution in [1.82, 2.24) is 0 Å². The molecule has 3 N–H and O–H groups in total. The molecule has 2 rings (SSSR count). The molecule has 19 heavy (non-hydrogen) atoms. The Bertz CT molecular complexity index is 650. The van der Waals surface area contributed by atoms with Crippen LogP contribution in [0.1, 0.15) is 11.1 Å². The van der Waals surface area contributed by atoms with Gasteiger partial charge in [-0.1, -0.05) is 0 Å². The lowest BCUT2D eigenvalue weighted by Crippen LogP contribution is -2.01. The molecule has 0 bridgehead atoms. The van der Waals surface area contributed by atoms with Gasteiger partial charge in [-0.25, -0.2) is 4.39 Å². The summed E-state index contributed by atoms with van der Waals surface area (Å²) in [6.45, 7) is 0.256. The minimum atomic E-state index is -0.477. The average molecular weight is 258 g/mol. The van der Waals surface area contributed by atoms with Crippen LogP contribution in [0.4, 0.5) is 10.1 Å². The zero-order chi connectivity index (χ0) is 13.8. The van der Waals surface area contributed by atoms with E-state index in [4.69, 9.17) is 5.26 Å². The summed E-state index contributed by atoms with van der Waals surface area (Å²) in [6.07, 6.45) is 0. The first-order chi connectivity index (χ1) is 9.10. The molecule has 0 fully saturated rings. The van der Waals surface area contributed by atoms with Gasteiger partial charge < -0.3 is 15.5 Å². The second-order valence-corrected chi connectivity index (χ2v) is 3.97. The van der Waals surface area contributed by atoms with Crippen molar-refractivity contribution < 1.29 is 14.6 Å². The second kappa shape index (κ2) is 5.27. The zero-order valence-electron chi connectivity index (χ0n) is 9.89. The summed E-state index contributed by atoms with van der Waals surface area (Å²) in [5.41, 5.74) is 1.24. The standard InChI is InChI=1S/C14H11FN2O2/c15-11-2-4-13(10(5-11)7-16)17-8-9-1-3-12(18)6-14(9)19/h1-6,17-19H,8H2.